The lowest BCUT2D eigenvalue weighted by Crippen LogP contribution is -2.30. The molecule has 1 aliphatic heterocycles. The van der Waals surface area contributed by atoms with Gasteiger partial charge in [0.2, 0.25) is 0 Å². The summed E-state index contributed by atoms with van der Waals surface area (Å²) in [7, 11) is 0. The van der Waals surface area contributed by atoms with E-state index in [9.17, 15) is 5.11 Å². The van der Waals surface area contributed by atoms with Crippen LogP contribution in [0.3, 0.4) is 0 Å². The molecule has 90 valence electrons. The second-order valence-electron chi connectivity index (χ2n) is 4.89. The fourth-order valence-corrected chi connectivity index (χ4v) is 2.73. The summed E-state index contributed by atoms with van der Waals surface area (Å²) in [6.45, 7) is 7.55. The number of aliphatic hydroxyl groups is 1. The van der Waals surface area contributed by atoms with Crippen LogP contribution in [0.1, 0.15) is 33.1 Å². The minimum Gasteiger partial charge on any atom is -0.393 e. The van der Waals surface area contributed by atoms with E-state index >= 15 is 0 Å². The van der Waals surface area contributed by atoms with Crippen LogP contribution in [-0.4, -0.2) is 41.5 Å². The predicted molar refractivity (Wildman–Crippen MR) is 68.5 cm³/mol. The van der Waals surface area contributed by atoms with E-state index in [1.54, 1.807) is 0 Å². The Kier molecular flexibility index (Phi) is 6.02. The van der Waals surface area contributed by atoms with Crippen molar-refractivity contribution in [1.29, 1.82) is 0 Å². The average molecular weight is 231 g/mol. The highest BCUT2D eigenvalue weighted by molar-refractivity contribution is 7.80. The Bertz CT molecular complexity index is 175. The largest absolute Gasteiger partial charge is 0.393 e. The zero-order valence-electron chi connectivity index (χ0n) is 10.0. The Morgan fingerprint density at radius 1 is 1.53 bits per heavy atom. The number of nitrogens with zero attached hydrogens (tertiary/aromatic N) is 1. The van der Waals surface area contributed by atoms with Crippen LogP contribution in [0.5, 0.6) is 0 Å². The van der Waals surface area contributed by atoms with E-state index in [1.165, 1.54) is 19.4 Å². The van der Waals surface area contributed by atoms with Gasteiger partial charge in [-0.15, -0.1) is 0 Å². The Hall–Kier alpha value is 0.270. The number of aliphatic hydroxyl groups excluding tert-OH is 1. The van der Waals surface area contributed by atoms with Crippen LogP contribution in [0.15, 0.2) is 0 Å². The fraction of sp³-hybridized carbons (Fsp3) is 1.00. The van der Waals surface area contributed by atoms with Gasteiger partial charge in [-0.3, -0.25) is 0 Å². The standard InChI is InChI=1S/C12H25NOS/c1-3-4-11(9-15)7-13-6-5-12(8-13)10(2)14/h10-12,14-15H,3-9H2,1-2H3. The third-order valence-electron chi connectivity index (χ3n) is 3.46. The monoisotopic (exact) mass is 231 g/mol. The third kappa shape index (κ3) is 4.33. The van der Waals surface area contributed by atoms with Crippen LogP contribution in [-0.2, 0) is 0 Å². The minimum absolute atomic E-state index is 0.143. The zero-order chi connectivity index (χ0) is 11.3. The molecule has 0 radical (unpaired) electrons. The maximum atomic E-state index is 9.52. The van der Waals surface area contributed by atoms with Crippen molar-refractivity contribution in [3.8, 4) is 0 Å². The second kappa shape index (κ2) is 6.77. The summed E-state index contributed by atoms with van der Waals surface area (Å²) in [4.78, 5) is 2.49. The molecule has 1 fully saturated rings. The van der Waals surface area contributed by atoms with Crippen LogP contribution in [0.4, 0.5) is 0 Å². The van der Waals surface area contributed by atoms with E-state index in [4.69, 9.17) is 0 Å². The molecule has 1 saturated heterocycles. The van der Waals surface area contributed by atoms with Crippen LogP contribution in [0.25, 0.3) is 0 Å². The van der Waals surface area contributed by atoms with E-state index < -0.39 is 0 Å². The van der Waals surface area contributed by atoms with Gasteiger partial charge in [-0.05, 0) is 43.9 Å². The average Bonchev–Trinajstić information content (AvgIpc) is 2.65. The van der Waals surface area contributed by atoms with Gasteiger partial charge in [0.05, 0.1) is 6.10 Å². The summed E-state index contributed by atoms with van der Waals surface area (Å²) in [5, 5.41) is 9.52. The molecule has 0 aromatic heterocycles. The normalized spacial score (nSPS) is 26.8. The summed E-state index contributed by atoms with van der Waals surface area (Å²) in [6.07, 6.45) is 3.54. The van der Waals surface area contributed by atoms with Crippen molar-refractivity contribution in [2.75, 3.05) is 25.4 Å². The quantitative estimate of drug-likeness (QED) is 0.683. The lowest BCUT2D eigenvalue weighted by atomic mass is 10.0. The highest BCUT2D eigenvalue weighted by Crippen LogP contribution is 2.21. The lowest BCUT2D eigenvalue weighted by Gasteiger charge is -2.22. The minimum atomic E-state index is -0.143. The second-order valence-corrected chi connectivity index (χ2v) is 5.25. The van der Waals surface area contributed by atoms with Crippen molar-refractivity contribution in [2.45, 2.75) is 39.2 Å². The summed E-state index contributed by atoms with van der Waals surface area (Å²) in [5.41, 5.74) is 0. The Morgan fingerprint density at radius 2 is 2.27 bits per heavy atom. The van der Waals surface area contributed by atoms with Gasteiger partial charge in [-0.1, -0.05) is 13.3 Å². The molecule has 0 spiro atoms. The zero-order valence-corrected chi connectivity index (χ0v) is 10.9. The third-order valence-corrected chi connectivity index (χ3v) is 3.98. The first-order valence-electron chi connectivity index (χ1n) is 6.18. The molecule has 3 unspecified atom stereocenters. The van der Waals surface area contributed by atoms with Crippen molar-refractivity contribution in [1.82, 2.24) is 4.90 Å². The molecule has 1 aliphatic rings. The smallest absolute Gasteiger partial charge is 0.0552 e. The molecule has 0 amide bonds. The summed E-state index contributed by atoms with van der Waals surface area (Å²) < 4.78 is 0. The van der Waals surface area contributed by atoms with Gasteiger partial charge in [-0.25, -0.2) is 0 Å². The van der Waals surface area contributed by atoms with Gasteiger partial charge in [0.25, 0.3) is 0 Å². The fourth-order valence-electron chi connectivity index (χ4n) is 2.44. The van der Waals surface area contributed by atoms with E-state index in [0.29, 0.717) is 5.92 Å². The van der Waals surface area contributed by atoms with Crippen LogP contribution in [0.2, 0.25) is 0 Å². The van der Waals surface area contributed by atoms with Crippen molar-refractivity contribution in [3.05, 3.63) is 0 Å². The van der Waals surface area contributed by atoms with Crippen molar-refractivity contribution < 1.29 is 5.11 Å². The highest BCUT2D eigenvalue weighted by atomic mass is 32.1. The number of hydrogen-bond acceptors (Lipinski definition) is 3. The van der Waals surface area contributed by atoms with Gasteiger partial charge in [-0.2, -0.15) is 12.6 Å². The molecule has 1 rings (SSSR count). The molecule has 2 nitrogen and oxygen atoms in total. The Balaban J connectivity index is 2.27. The summed E-state index contributed by atoms with van der Waals surface area (Å²) in [5.74, 6) is 2.21. The first kappa shape index (κ1) is 13.3. The number of likely N-dealkylation sites (tertiary alicyclic amines) is 1. The molecule has 0 saturated carbocycles. The van der Waals surface area contributed by atoms with Gasteiger partial charge in [0, 0.05) is 13.1 Å². The SMILES string of the molecule is CCCC(CS)CN1CCC(C(C)O)C1. The summed E-state index contributed by atoms with van der Waals surface area (Å²) in [6, 6.07) is 0. The van der Waals surface area contributed by atoms with Gasteiger partial charge >= 0.3 is 0 Å². The Labute approximate surface area is 99.5 Å². The van der Waals surface area contributed by atoms with Gasteiger partial charge in [0.1, 0.15) is 0 Å². The van der Waals surface area contributed by atoms with Crippen LogP contribution >= 0.6 is 12.6 Å². The van der Waals surface area contributed by atoms with Crippen molar-refractivity contribution >= 4 is 12.6 Å². The van der Waals surface area contributed by atoms with Gasteiger partial charge in [0.15, 0.2) is 0 Å². The molecule has 3 atom stereocenters. The van der Waals surface area contributed by atoms with E-state index in [-0.39, 0.29) is 6.10 Å². The molecule has 1 N–H and O–H groups in total. The number of thiol groups is 1. The lowest BCUT2D eigenvalue weighted by molar-refractivity contribution is 0.126. The molecule has 0 aromatic rings. The molecule has 0 aliphatic carbocycles. The maximum absolute atomic E-state index is 9.52. The highest BCUT2D eigenvalue weighted by Gasteiger charge is 2.26. The van der Waals surface area contributed by atoms with Crippen molar-refractivity contribution in [2.24, 2.45) is 11.8 Å². The molecule has 3 heteroatoms. The van der Waals surface area contributed by atoms with E-state index in [0.717, 1.165) is 31.2 Å². The molecule has 0 aromatic carbocycles. The topological polar surface area (TPSA) is 23.5 Å². The molecule has 0 bridgehead atoms. The Morgan fingerprint density at radius 3 is 2.73 bits per heavy atom. The van der Waals surface area contributed by atoms with Crippen LogP contribution in [0, 0.1) is 11.8 Å². The van der Waals surface area contributed by atoms with Gasteiger partial charge < -0.3 is 10.0 Å². The first-order valence-corrected chi connectivity index (χ1v) is 6.81. The summed E-state index contributed by atoms with van der Waals surface area (Å²) >= 11 is 4.41. The van der Waals surface area contributed by atoms with E-state index in [2.05, 4.69) is 24.5 Å². The molecule has 15 heavy (non-hydrogen) atoms. The molecule has 1 heterocycles. The van der Waals surface area contributed by atoms with E-state index in [1.807, 2.05) is 6.92 Å². The predicted octanol–water partition coefficient (Wildman–Crippen LogP) is 2.04. The van der Waals surface area contributed by atoms with Crippen LogP contribution < -0.4 is 0 Å². The maximum Gasteiger partial charge on any atom is 0.0552 e. The first-order chi connectivity index (χ1) is 7.17. The number of rotatable bonds is 6. The number of hydrogen-bond donors (Lipinski definition) is 2. The van der Waals surface area contributed by atoms with Crippen molar-refractivity contribution in [3.63, 3.8) is 0 Å². The molecular weight excluding hydrogens is 206 g/mol. The molecular formula is C12H25NOS.